The van der Waals surface area contributed by atoms with Gasteiger partial charge < -0.3 is 14.4 Å². The summed E-state index contributed by atoms with van der Waals surface area (Å²) in [5.74, 6) is 1.62. The fourth-order valence-electron chi connectivity index (χ4n) is 5.33. The minimum Gasteiger partial charge on any atom is -0.495 e. The maximum atomic E-state index is 11.3. The molecule has 2 unspecified atom stereocenters. The van der Waals surface area contributed by atoms with Crippen LogP contribution in [0.4, 0.5) is 0 Å². The Kier molecular flexibility index (Phi) is 9.18. The fourth-order valence-corrected chi connectivity index (χ4v) is 5.33. The maximum absolute atomic E-state index is 11.3. The van der Waals surface area contributed by atoms with E-state index >= 15 is 0 Å². The van der Waals surface area contributed by atoms with Crippen LogP contribution in [0.1, 0.15) is 64.4 Å². The Morgan fingerprint density at radius 1 is 1.21 bits per heavy atom. The summed E-state index contributed by atoms with van der Waals surface area (Å²) in [6, 6.07) is 10.3. The second-order valence-electron chi connectivity index (χ2n) is 9.37. The Morgan fingerprint density at radius 3 is 2.48 bits per heavy atom. The normalized spacial score (nSPS) is 26.5. The van der Waals surface area contributed by atoms with Crippen LogP contribution in [0.15, 0.2) is 53.9 Å². The van der Waals surface area contributed by atoms with Crippen molar-refractivity contribution in [3.8, 4) is 0 Å². The third-order valence-corrected chi connectivity index (χ3v) is 6.91. The number of likely N-dealkylation sites (tertiary alicyclic amines) is 1. The van der Waals surface area contributed by atoms with E-state index in [1.165, 1.54) is 5.56 Å². The Balaban J connectivity index is 1.69. The molecular weight excluding hydrogens is 418 g/mol. The molecule has 182 valence electrons. The van der Waals surface area contributed by atoms with Crippen molar-refractivity contribution in [2.75, 3.05) is 20.3 Å². The van der Waals surface area contributed by atoms with Crippen molar-refractivity contribution in [2.45, 2.75) is 77.0 Å². The van der Waals surface area contributed by atoms with E-state index in [1.807, 2.05) is 19.1 Å². The van der Waals surface area contributed by atoms with Crippen molar-refractivity contribution >= 4 is 0 Å². The van der Waals surface area contributed by atoms with Gasteiger partial charge in [-0.2, -0.15) is 0 Å². The molecule has 1 aliphatic heterocycles. The van der Waals surface area contributed by atoms with Crippen LogP contribution in [-0.2, 0) is 9.47 Å². The molecule has 2 aliphatic rings. The molecule has 1 saturated carbocycles. The van der Waals surface area contributed by atoms with Gasteiger partial charge >= 0.3 is 0 Å². The van der Waals surface area contributed by atoms with Crippen LogP contribution >= 0.6 is 0 Å². The Morgan fingerprint density at radius 2 is 1.91 bits per heavy atom. The predicted molar refractivity (Wildman–Crippen MR) is 130 cm³/mol. The molecule has 3 rings (SSSR count). The molecule has 7 heteroatoms. The molecule has 0 bridgehead atoms. The van der Waals surface area contributed by atoms with Crippen LogP contribution < -0.4 is 5.43 Å². The average Bonchev–Trinajstić information content (AvgIpc) is 3.19. The summed E-state index contributed by atoms with van der Waals surface area (Å²) >= 11 is 0. The van der Waals surface area contributed by atoms with Gasteiger partial charge in [-0.15, -0.1) is 5.43 Å². The zero-order chi connectivity index (χ0) is 23.8. The van der Waals surface area contributed by atoms with Crippen molar-refractivity contribution in [2.24, 2.45) is 5.92 Å². The van der Waals surface area contributed by atoms with Gasteiger partial charge in [0, 0.05) is 6.54 Å². The van der Waals surface area contributed by atoms with Crippen LogP contribution in [0.25, 0.3) is 0 Å². The van der Waals surface area contributed by atoms with Crippen LogP contribution in [-0.4, -0.2) is 48.4 Å². The van der Waals surface area contributed by atoms with Gasteiger partial charge in [0.25, 0.3) is 0 Å². The van der Waals surface area contributed by atoms with E-state index < -0.39 is 5.03 Å². The number of allylic oxidation sites excluding steroid dienone is 3. The smallest absolute Gasteiger partial charge is 0.157 e. The second-order valence-corrected chi connectivity index (χ2v) is 9.37. The molecule has 0 amide bonds. The minimum absolute atomic E-state index is 0.116. The van der Waals surface area contributed by atoms with E-state index in [1.54, 1.807) is 7.11 Å². The quantitative estimate of drug-likeness (QED) is 0.229. The van der Waals surface area contributed by atoms with Gasteiger partial charge in [-0.25, -0.2) is 10.1 Å². The third-order valence-electron chi connectivity index (χ3n) is 6.91. The average molecular weight is 458 g/mol. The monoisotopic (exact) mass is 457 g/mol. The topological polar surface area (TPSA) is 76.9 Å². The summed E-state index contributed by atoms with van der Waals surface area (Å²) in [6.07, 6.45) is 9.10. The number of nitro groups is 1. The highest BCUT2D eigenvalue weighted by molar-refractivity contribution is 5.23. The molecular formula is C26H39N3O4. The van der Waals surface area contributed by atoms with Crippen molar-refractivity contribution in [1.29, 1.82) is 0 Å². The summed E-state index contributed by atoms with van der Waals surface area (Å²) in [5, 5.41) is 10.8. The van der Waals surface area contributed by atoms with E-state index in [0.717, 1.165) is 43.7 Å². The summed E-state index contributed by atoms with van der Waals surface area (Å²) in [7, 11) is 1.68. The standard InChI is InChI=1S/C26H39N3O4/c1-5-9-25(32-4)26(19(2)3)28-17-16-23(27-29(30)31)24(28)18-33-22-14-12-21(13-15-22)20-10-7-6-8-11-20/h5-11,19,21-24,27H,12-18H2,1-4H3/b9-5-,26-25-. The lowest BCUT2D eigenvalue weighted by atomic mass is 9.83. The molecule has 1 aromatic carbocycles. The van der Waals surface area contributed by atoms with Gasteiger partial charge in [0.05, 0.1) is 31.6 Å². The van der Waals surface area contributed by atoms with Crippen LogP contribution in [0.3, 0.4) is 0 Å². The van der Waals surface area contributed by atoms with E-state index in [9.17, 15) is 10.1 Å². The molecule has 33 heavy (non-hydrogen) atoms. The largest absolute Gasteiger partial charge is 0.495 e. The molecule has 2 atom stereocenters. The highest BCUT2D eigenvalue weighted by Crippen LogP contribution is 2.35. The van der Waals surface area contributed by atoms with E-state index in [4.69, 9.17) is 9.47 Å². The van der Waals surface area contributed by atoms with E-state index in [2.05, 4.69) is 54.5 Å². The van der Waals surface area contributed by atoms with Crippen LogP contribution in [0.5, 0.6) is 0 Å². The molecule has 0 radical (unpaired) electrons. The first-order valence-corrected chi connectivity index (χ1v) is 12.2. The minimum atomic E-state index is -0.422. The highest BCUT2D eigenvalue weighted by Gasteiger charge is 2.40. The molecule has 1 aromatic rings. The fraction of sp³-hybridized carbons (Fsp3) is 0.615. The molecule has 0 spiro atoms. The van der Waals surface area contributed by atoms with Gasteiger partial charge in [0.2, 0.25) is 0 Å². The van der Waals surface area contributed by atoms with Gasteiger partial charge in [-0.1, -0.05) is 50.3 Å². The lowest BCUT2D eigenvalue weighted by Crippen LogP contribution is -2.48. The van der Waals surface area contributed by atoms with Gasteiger partial charge in [-0.05, 0) is 62.5 Å². The zero-order valence-corrected chi connectivity index (χ0v) is 20.4. The lowest BCUT2D eigenvalue weighted by molar-refractivity contribution is -0.551. The number of ether oxygens (including phenoxy) is 2. The van der Waals surface area contributed by atoms with Crippen molar-refractivity contribution in [3.05, 3.63) is 69.6 Å². The lowest BCUT2D eigenvalue weighted by Gasteiger charge is -2.35. The number of methoxy groups -OCH3 is 1. The van der Waals surface area contributed by atoms with Crippen LogP contribution in [0, 0.1) is 16.0 Å². The molecule has 1 N–H and O–H groups in total. The summed E-state index contributed by atoms with van der Waals surface area (Å²) in [5.41, 5.74) is 5.03. The molecule has 1 heterocycles. The summed E-state index contributed by atoms with van der Waals surface area (Å²) < 4.78 is 12.1. The van der Waals surface area contributed by atoms with E-state index in [0.29, 0.717) is 18.9 Å². The van der Waals surface area contributed by atoms with Crippen molar-refractivity contribution < 1.29 is 14.5 Å². The summed E-state index contributed by atoms with van der Waals surface area (Å²) in [6.45, 7) is 7.43. The van der Waals surface area contributed by atoms with Crippen molar-refractivity contribution in [1.82, 2.24) is 10.3 Å². The van der Waals surface area contributed by atoms with Crippen LogP contribution in [0.2, 0.25) is 0 Å². The first-order valence-electron chi connectivity index (χ1n) is 12.2. The zero-order valence-electron chi connectivity index (χ0n) is 20.4. The highest BCUT2D eigenvalue weighted by atomic mass is 16.7. The number of nitrogens with zero attached hydrogens (tertiary/aromatic N) is 2. The number of rotatable bonds is 10. The Bertz CT molecular complexity index is 816. The number of hydrogen-bond acceptors (Lipinski definition) is 5. The summed E-state index contributed by atoms with van der Waals surface area (Å²) in [4.78, 5) is 13.5. The first kappa shape index (κ1) is 25.1. The molecule has 1 aliphatic carbocycles. The molecule has 0 aromatic heterocycles. The third kappa shape index (κ3) is 6.50. The number of hydrazine groups is 1. The number of hydrogen-bond donors (Lipinski definition) is 1. The van der Waals surface area contributed by atoms with Gasteiger partial charge in [0.15, 0.2) is 5.03 Å². The number of nitrogens with one attached hydrogen (secondary N) is 1. The second kappa shape index (κ2) is 12.1. The maximum Gasteiger partial charge on any atom is 0.157 e. The number of benzene rings is 1. The van der Waals surface area contributed by atoms with Crippen molar-refractivity contribution in [3.63, 3.8) is 0 Å². The Hall–Kier alpha value is -2.54. The molecule has 7 nitrogen and oxygen atoms in total. The molecule has 1 saturated heterocycles. The first-order chi connectivity index (χ1) is 15.9. The predicted octanol–water partition coefficient (Wildman–Crippen LogP) is 5.04. The SMILES string of the molecule is C/C=C\C(OC)=C(/C(C)C)N1CCC(N[N+](=O)[O-])C1COC1CCC(c2ccccc2)CC1. The van der Waals surface area contributed by atoms with E-state index in [-0.39, 0.29) is 24.1 Å². The van der Waals surface area contributed by atoms with Gasteiger partial charge in [0.1, 0.15) is 11.8 Å². The molecule has 2 fully saturated rings. The Labute approximate surface area is 197 Å². The van der Waals surface area contributed by atoms with Gasteiger partial charge in [-0.3, -0.25) is 0 Å².